The van der Waals surface area contributed by atoms with Gasteiger partial charge in [0.1, 0.15) is 6.04 Å². The second kappa shape index (κ2) is 7.16. The molecule has 0 bridgehead atoms. The number of imide groups is 2. The number of benzene rings is 1. The number of piperidine rings is 1. The number of hydrogen-bond acceptors (Lipinski definition) is 7. The Morgan fingerprint density at radius 3 is 2.71 bits per heavy atom. The zero-order valence-corrected chi connectivity index (χ0v) is 16.9. The highest BCUT2D eigenvalue weighted by Crippen LogP contribution is 2.42. The molecule has 5 amide bonds. The minimum Gasteiger partial charge on any atom is -0.375 e. The lowest BCUT2D eigenvalue weighted by atomic mass is 10.0. The molecule has 1 spiro atoms. The fourth-order valence-corrected chi connectivity index (χ4v) is 4.75. The lowest BCUT2D eigenvalue weighted by Crippen LogP contribution is -2.56. The summed E-state index contributed by atoms with van der Waals surface area (Å²) in [5.41, 5.74) is 0.655. The monoisotopic (exact) mass is 425 g/mol. The summed E-state index contributed by atoms with van der Waals surface area (Å²) in [6.07, 6.45) is 2.14. The summed E-state index contributed by atoms with van der Waals surface area (Å²) in [6.45, 7) is 2.21. The topological polar surface area (TPSA) is 128 Å². The molecule has 3 N–H and O–H groups in total. The molecular weight excluding hydrogens is 402 g/mol. The summed E-state index contributed by atoms with van der Waals surface area (Å²) in [5, 5.41) is 8.55. The van der Waals surface area contributed by atoms with Gasteiger partial charge >= 0.3 is 0 Å². The third-order valence-electron chi connectivity index (χ3n) is 6.57. The first-order chi connectivity index (χ1) is 14.9. The summed E-state index contributed by atoms with van der Waals surface area (Å²) in [6, 6.07) is 3.80. The fourth-order valence-electron chi connectivity index (χ4n) is 4.75. The Bertz CT molecular complexity index is 1020. The lowest BCUT2D eigenvalue weighted by Gasteiger charge is -2.37. The van der Waals surface area contributed by atoms with E-state index >= 15 is 0 Å². The number of carbonyl (C=O) groups excluding carboxylic acids is 5. The van der Waals surface area contributed by atoms with Gasteiger partial charge in [0.2, 0.25) is 17.7 Å². The van der Waals surface area contributed by atoms with Gasteiger partial charge in [0.25, 0.3) is 11.8 Å². The third-order valence-corrected chi connectivity index (χ3v) is 6.57. The number of fused-ring (bicyclic) bond motifs is 1. The zero-order valence-electron chi connectivity index (χ0n) is 16.9. The first-order valence-electron chi connectivity index (χ1n) is 10.5. The molecule has 10 heteroatoms. The minimum absolute atomic E-state index is 0.0120. The van der Waals surface area contributed by atoms with Crippen LogP contribution >= 0.6 is 0 Å². The van der Waals surface area contributed by atoms with E-state index in [2.05, 4.69) is 16.0 Å². The number of piperazine rings is 1. The van der Waals surface area contributed by atoms with Crippen molar-refractivity contribution in [2.45, 2.75) is 37.3 Å². The molecular formula is C21H23N5O5. The number of carbonyl (C=O) groups is 5. The molecule has 1 unspecified atom stereocenters. The van der Waals surface area contributed by atoms with E-state index in [0.717, 1.165) is 30.8 Å². The van der Waals surface area contributed by atoms with Crippen molar-refractivity contribution in [3.05, 3.63) is 29.3 Å². The minimum atomic E-state index is -1.02. The summed E-state index contributed by atoms with van der Waals surface area (Å²) in [4.78, 5) is 65.3. The van der Waals surface area contributed by atoms with Gasteiger partial charge in [-0.15, -0.1) is 0 Å². The van der Waals surface area contributed by atoms with Crippen molar-refractivity contribution in [3.63, 3.8) is 0 Å². The Morgan fingerprint density at radius 1 is 1.16 bits per heavy atom. The van der Waals surface area contributed by atoms with E-state index in [9.17, 15) is 24.0 Å². The second-order valence-electron chi connectivity index (χ2n) is 8.48. The molecule has 3 heterocycles. The van der Waals surface area contributed by atoms with Crippen LogP contribution in [0.2, 0.25) is 0 Å². The van der Waals surface area contributed by atoms with E-state index in [4.69, 9.17) is 0 Å². The normalized spacial score (nSPS) is 24.3. The van der Waals surface area contributed by atoms with Gasteiger partial charge in [-0.2, -0.15) is 0 Å². The Morgan fingerprint density at radius 2 is 1.97 bits per heavy atom. The van der Waals surface area contributed by atoms with E-state index < -0.39 is 29.7 Å². The fraction of sp³-hybridized carbons (Fsp3) is 0.476. The van der Waals surface area contributed by atoms with Gasteiger partial charge in [-0.1, -0.05) is 6.07 Å². The van der Waals surface area contributed by atoms with E-state index in [1.54, 1.807) is 12.1 Å². The van der Waals surface area contributed by atoms with E-state index in [-0.39, 0.29) is 42.0 Å². The summed E-state index contributed by atoms with van der Waals surface area (Å²) in [5.74, 6) is -2.27. The average Bonchev–Trinajstić information content (AvgIpc) is 3.47. The van der Waals surface area contributed by atoms with Crippen molar-refractivity contribution in [2.24, 2.45) is 0 Å². The molecule has 162 valence electrons. The van der Waals surface area contributed by atoms with Crippen molar-refractivity contribution in [3.8, 4) is 0 Å². The van der Waals surface area contributed by atoms with Crippen LogP contribution in [0, 0.1) is 0 Å². The molecule has 5 rings (SSSR count). The Hall–Kier alpha value is -3.27. The quantitative estimate of drug-likeness (QED) is 0.553. The highest BCUT2D eigenvalue weighted by Gasteiger charge is 2.51. The highest BCUT2D eigenvalue weighted by atomic mass is 16.2. The summed E-state index contributed by atoms with van der Waals surface area (Å²) in [7, 11) is 0. The number of nitrogens with zero attached hydrogens (tertiary/aromatic N) is 2. The molecule has 1 aliphatic carbocycles. The van der Waals surface area contributed by atoms with Crippen LogP contribution in [0.4, 0.5) is 5.69 Å². The van der Waals surface area contributed by atoms with Crippen LogP contribution in [-0.2, 0) is 14.4 Å². The van der Waals surface area contributed by atoms with Gasteiger partial charge < -0.3 is 15.5 Å². The second-order valence-corrected chi connectivity index (χ2v) is 8.48. The Balaban J connectivity index is 1.34. The standard InChI is InChI=1S/C21H23N5O5/c27-15-5-4-14(18(29)24-15)26-19(30)12-2-1-3-13(17(12)20(26)31)23-10-16(28)25-9-8-22-11-21(25)6-7-21/h1-3,14,22-23H,4-11H2,(H,24,27,29). The number of anilines is 1. The Kier molecular flexibility index (Phi) is 4.54. The maximum Gasteiger partial charge on any atom is 0.264 e. The summed E-state index contributed by atoms with van der Waals surface area (Å²) < 4.78 is 0. The SMILES string of the molecule is O=C1CCC(N2C(=O)c3cccc(NCC(=O)N4CCNCC45CC5)c3C2=O)C(=O)N1. The van der Waals surface area contributed by atoms with Gasteiger partial charge in [-0.3, -0.25) is 34.2 Å². The van der Waals surface area contributed by atoms with Crippen molar-refractivity contribution >= 4 is 35.2 Å². The highest BCUT2D eigenvalue weighted by molar-refractivity contribution is 6.25. The maximum atomic E-state index is 13.1. The molecule has 4 aliphatic rings. The molecule has 3 fully saturated rings. The van der Waals surface area contributed by atoms with E-state index in [1.807, 2.05) is 4.90 Å². The number of amides is 5. The first kappa shape index (κ1) is 19.7. The van der Waals surface area contributed by atoms with Crippen LogP contribution in [0.15, 0.2) is 18.2 Å². The molecule has 0 aromatic heterocycles. The molecule has 0 radical (unpaired) electrons. The maximum absolute atomic E-state index is 13.1. The Labute approximate surface area is 178 Å². The number of rotatable bonds is 4. The predicted molar refractivity (Wildman–Crippen MR) is 108 cm³/mol. The molecule has 1 aromatic carbocycles. The van der Waals surface area contributed by atoms with Crippen LogP contribution in [0.5, 0.6) is 0 Å². The molecule has 10 nitrogen and oxygen atoms in total. The largest absolute Gasteiger partial charge is 0.375 e. The smallest absolute Gasteiger partial charge is 0.264 e. The third kappa shape index (κ3) is 3.18. The van der Waals surface area contributed by atoms with Crippen LogP contribution in [0.25, 0.3) is 0 Å². The first-order valence-corrected chi connectivity index (χ1v) is 10.5. The van der Waals surface area contributed by atoms with Crippen molar-refractivity contribution in [1.29, 1.82) is 0 Å². The number of nitrogens with one attached hydrogen (secondary N) is 3. The average molecular weight is 425 g/mol. The molecule has 2 saturated heterocycles. The predicted octanol–water partition coefficient (Wildman–Crippen LogP) is -0.536. The van der Waals surface area contributed by atoms with Crippen LogP contribution in [-0.4, -0.2) is 77.1 Å². The van der Waals surface area contributed by atoms with Crippen LogP contribution in [0.3, 0.4) is 0 Å². The van der Waals surface area contributed by atoms with Crippen LogP contribution < -0.4 is 16.0 Å². The zero-order chi connectivity index (χ0) is 21.8. The van der Waals surface area contributed by atoms with Gasteiger partial charge in [0.05, 0.1) is 23.2 Å². The number of hydrogen-bond donors (Lipinski definition) is 3. The lowest BCUT2D eigenvalue weighted by molar-refractivity contribution is -0.136. The van der Waals surface area contributed by atoms with Gasteiger partial charge in [0.15, 0.2) is 0 Å². The van der Waals surface area contributed by atoms with Crippen LogP contribution in [0.1, 0.15) is 46.4 Å². The van der Waals surface area contributed by atoms with Gasteiger partial charge in [-0.05, 0) is 31.4 Å². The van der Waals surface area contributed by atoms with E-state index in [1.165, 1.54) is 6.07 Å². The van der Waals surface area contributed by atoms with Crippen molar-refractivity contribution < 1.29 is 24.0 Å². The van der Waals surface area contributed by atoms with Gasteiger partial charge in [0, 0.05) is 31.7 Å². The molecule has 1 atom stereocenters. The summed E-state index contributed by atoms with van der Waals surface area (Å²) >= 11 is 0. The molecule has 1 saturated carbocycles. The van der Waals surface area contributed by atoms with Gasteiger partial charge in [-0.25, -0.2) is 0 Å². The molecule has 31 heavy (non-hydrogen) atoms. The van der Waals surface area contributed by atoms with E-state index in [0.29, 0.717) is 12.2 Å². The molecule has 1 aromatic rings. The van der Waals surface area contributed by atoms with Crippen molar-refractivity contribution in [1.82, 2.24) is 20.4 Å². The molecule has 3 aliphatic heterocycles. The van der Waals surface area contributed by atoms with Crippen molar-refractivity contribution in [2.75, 3.05) is 31.5 Å².